The lowest BCUT2D eigenvalue weighted by atomic mass is 10.1. The Labute approximate surface area is 154 Å². The second-order valence-corrected chi connectivity index (χ2v) is 8.19. The van der Waals surface area contributed by atoms with Crippen LogP contribution < -0.4 is 11.2 Å². The molecule has 1 saturated heterocycles. The number of hydrogen-bond acceptors (Lipinski definition) is 7. The van der Waals surface area contributed by atoms with Gasteiger partial charge in [-0.1, -0.05) is 15.9 Å². The molecule has 26 heavy (non-hydrogen) atoms. The third kappa shape index (κ3) is 3.90. The molecule has 0 saturated carbocycles. The molecule has 0 bridgehead atoms. The number of ether oxygens (including phenoxy) is 1. The van der Waals surface area contributed by atoms with Crippen LogP contribution in [0.25, 0.3) is 6.08 Å². The molecule has 3 atom stereocenters. The predicted octanol–water partition coefficient (Wildman–Crippen LogP) is 1.28. The van der Waals surface area contributed by atoms with Gasteiger partial charge in [0.25, 0.3) is 5.56 Å². The molecule has 0 amide bonds. The van der Waals surface area contributed by atoms with E-state index in [2.05, 4.69) is 25.0 Å². The molecule has 1 aromatic heterocycles. The Balaban J connectivity index is 2.45. The lowest BCUT2D eigenvalue weighted by molar-refractivity contribution is -0.140. The van der Waals surface area contributed by atoms with Gasteiger partial charge in [0.2, 0.25) is 6.23 Å². The molecule has 0 radical (unpaired) electrons. The van der Waals surface area contributed by atoms with Crippen LogP contribution >= 0.6 is 23.5 Å². The van der Waals surface area contributed by atoms with Gasteiger partial charge in [-0.15, -0.1) is 0 Å². The first kappa shape index (κ1) is 21.1. The van der Waals surface area contributed by atoms with Gasteiger partial charge in [0.15, 0.2) is 0 Å². The van der Waals surface area contributed by atoms with E-state index in [9.17, 15) is 28.0 Å². The predicted molar refractivity (Wildman–Crippen MR) is 90.6 cm³/mol. The highest BCUT2D eigenvalue weighted by Gasteiger charge is 2.60. The van der Waals surface area contributed by atoms with Crippen LogP contribution in [0.5, 0.6) is 0 Å². The van der Waals surface area contributed by atoms with Gasteiger partial charge in [-0.2, -0.15) is 8.78 Å². The van der Waals surface area contributed by atoms with E-state index in [-0.39, 0.29) is 5.56 Å². The first-order chi connectivity index (χ1) is 12.1. The van der Waals surface area contributed by atoms with Gasteiger partial charge in [0.1, 0.15) is 12.2 Å². The van der Waals surface area contributed by atoms with Crippen LogP contribution in [0.3, 0.4) is 0 Å². The largest absolute Gasteiger partial charge is 0.384 e. The zero-order chi connectivity index (χ0) is 19.7. The van der Waals surface area contributed by atoms with Crippen molar-refractivity contribution in [3.63, 3.8) is 0 Å². The number of H-pyrrole nitrogens is 1. The Morgan fingerprint density at radius 3 is 2.62 bits per heavy atom. The number of aromatic nitrogens is 2. The average Bonchev–Trinajstić information content (AvgIpc) is 2.81. The van der Waals surface area contributed by atoms with E-state index >= 15 is 0 Å². The van der Waals surface area contributed by atoms with Crippen molar-refractivity contribution in [2.75, 3.05) is 20.4 Å². The summed E-state index contributed by atoms with van der Waals surface area (Å²) in [7, 11) is -1.64. The summed E-state index contributed by atoms with van der Waals surface area (Å²) in [4.78, 5) is 26.8. The van der Waals surface area contributed by atoms with Crippen LogP contribution in [0.2, 0.25) is 0 Å². The zero-order valence-electron chi connectivity index (χ0n) is 13.6. The Hall–Kier alpha value is -1.17. The number of hydrogen-bond donors (Lipinski definition) is 2. The standard InChI is InChI=1S/C13H16BrF2N2O7P/c1-23-26(22,24-2)6-8-9(19)13(15,16)11(25-8)18-5-7(3-4-14)10(20)17-12(18)21/h3-5,8-9,11,19H,6H2,1-2H3,(H,17,20,21)/b4-3+/t8-,9-,11-/m1/s1. The molecule has 1 aliphatic heterocycles. The van der Waals surface area contributed by atoms with Crippen molar-refractivity contribution >= 4 is 29.6 Å². The van der Waals surface area contributed by atoms with Gasteiger partial charge in [0.05, 0.1) is 11.7 Å². The Kier molecular flexibility index (Phi) is 6.36. The Morgan fingerprint density at radius 1 is 1.46 bits per heavy atom. The van der Waals surface area contributed by atoms with Crippen molar-refractivity contribution in [1.29, 1.82) is 0 Å². The Bertz CT molecular complexity index is 848. The van der Waals surface area contributed by atoms with Crippen molar-refractivity contribution in [3.8, 4) is 0 Å². The topological polar surface area (TPSA) is 120 Å². The highest BCUT2D eigenvalue weighted by atomic mass is 79.9. The van der Waals surface area contributed by atoms with Crippen molar-refractivity contribution in [3.05, 3.63) is 37.6 Å². The molecule has 0 aliphatic carbocycles. The highest BCUT2D eigenvalue weighted by Crippen LogP contribution is 2.52. The van der Waals surface area contributed by atoms with Gasteiger partial charge >= 0.3 is 19.2 Å². The van der Waals surface area contributed by atoms with Crippen molar-refractivity contribution in [1.82, 2.24) is 9.55 Å². The monoisotopic (exact) mass is 460 g/mol. The maximum absolute atomic E-state index is 14.5. The van der Waals surface area contributed by atoms with E-state index in [0.29, 0.717) is 4.57 Å². The molecular weight excluding hydrogens is 445 g/mol. The number of nitrogens with one attached hydrogen (secondary N) is 1. The first-order valence-electron chi connectivity index (χ1n) is 7.13. The van der Waals surface area contributed by atoms with Gasteiger partial charge in [-0.3, -0.25) is 18.9 Å². The minimum absolute atomic E-state index is 0.0988. The van der Waals surface area contributed by atoms with E-state index in [1.807, 2.05) is 4.98 Å². The number of aliphatic hydroxyl groups excluding tert-OH is 1. The van der Waals surface area contributed by atoms with E-state index in [4.69, 9.17) is 4.74 Å². The van der Waals surface area contributed by atoms with Gasteiger partial charge in [-0.25, -0.2) is 4.79 Å². The van der Waals surface area contributed by atoms with Crippen LogP contribution in [0.1, 0.15) is 11.8 Å². The Morgan fingerprint density at radius 2 is 2.08 bits per heavy atom. The molecule has 9 nitrogen and oxygen atoms in total. The van der Waals surface area contributed by atoms with E-state index in [1.54, 1.807) is 0 Å². The van der Waals surface area contributed by atoms with E-state index in [0.717, 1.165) is 20.4 Å². The van der Waals surface area contributed by atoms with Gasteiger partial charge in [0, 0.05) is 20.4 Å². The number of aliphatic hydroxyl groups is 1. The van der Waals surface area contributed by atoms with Gasteiger partial charge in [-0.05, 0) is 11.1 Å². The van der Waals surface area contributed by atoms with Crippen molar-refractivity contribution < 1.29 is 32.2 Å². The smallest absolute Gasteiger partial charge is 0.332 e. The summed E-state index contributed by atoms with van der Waals surface area (Å²) in [6.07, 6.45) is -4.77. The highest BCUT2D eigenvalue weighted by molar-refractivity contribution is 9.11. The quantitative estimate of drug-likeness (QED) is 0.613. The SMILES string of the molecule is COP(=O)(C[C@H]1O[C@@H](n2cc(/C=C/Br)c(=O)[nH]c2=O)C(F)(F)[C@@H]1O)OC. The molecule has 1 aliphatic rings. The fourth-order valence-corrected chi connectivity index (χ4v) is 3.88. The zero-order valence-corrected chi connectivity index (χ0v) is 16.1. The summed E-state index contributed by atoms with van der Waals surface area (Å²) >= 11 is 2.94. The maximum atomic E-state index is 14.5. The fourth-order valence-electron chi connectivity index (χ4n) is 2.42. The van der Waals surface area contributed by atoms with Crippen molar-refractivity contribution in [2.24, 2.45) is 0 Å². The van der Waals surface area contributed by atoms with E-state index < -0.39 is 49.4 Å². The minimum atomic E-state index is -3.91. The fraction of sp³-hybridized carbons (Fsp3) is 0.538. The summed E-state index contributed by atoms with van der Waals surface area (Å²) in [5.74, 6) is -3.91. The first-order valence-corrected chi connectivity index (χ1v) is 9.78. The molecular formula is C13H16BrF2N2O7P. The van der Waals surface area contributed by atoms with E-state index in [1.165, 1.54) is 11.1 Å². The van der Waals surface area contributed by atoms with Crippen LogP contribution in [0.4, 0.5) is 8.78 Å². The van der Waals surface area contributed by atoms with Crippen molar-refractivity contribution in [2.45, 2.75) is 24.4 Å². The molecule has 0 spiro atoms. The molecule has 2 heterocycles. The number of nitrogens with zero attached hydrogens (tertiary/aromatic N) is 1. The third-order valence-electron chi connectivity index (χ3n) is 3.83. The molecule has 0 aromatic carbocycles. The summed E-state index contributed by atoms with van der Waals surface area (Å²) in [5, 5.41) is 9.90. The lowest BCUT2D eigenvalue weighted by Gasteiger charge is -2.21. The number of aromatic amines is 1. The second kappa shape index (κ2) is 7.83. The summed E-state index contributed by atoms with van der Waals surface area (Å²) in [6, 6.07) is 0. The summed E-state index contributed by atoms with van der Waals surface area (Å²) in [5.41, 5.74) is -2.04. The molecule has 146 valence electrons. The molecule has 1 aromatic rings. The second-order valence-electron chi connectivity index (χ2n) is 5.35. The number of halogens is 3. The molecule has 2 rings (SSSR count). The molecule has 13 heteroatoms. The average molecular weight is 461 g/mol. The van der Waals surface area contributed by atoms with Crippen LogP contribution in [0.15, 0.2) is 20.8 Å². The normalized spacial score (nSPS) is 25.8. The summed E-state index contributed by atoms with van der Waals surface area (Å²) in [6.45, 7) is 0. The minimum Gasteiger partial charge on any atom is -0.384 e. The third-order valence-corrected chi connectivity index (χ3v) is 6.01. The van der Waals surface area contributed by atoms with Crippen LogP contribution in [-0.2, 0) is 18.3 Å². The summed E-state index contributed by atoms with van der Waals surface area (Å²) < 4.78 is 56.0. The molecule has 1 fully saturated rings. The van der Waals surface area contributed by atoms with Crippen LogP contribution in [-0.4, -0.2) is 53.2 Å². The number of alkyl halides is 2. The molecule has 2 N–H and O–H groups in total. The van der Waals surface area contributed by atoms with Gasteiger partial charge < -0.3 is 18.9 Å². The maximum Gasteiger partial charge on any atom is 0.332 e. The van der Waals surface area contributed by atoms with Crippen LogP contribution in [0, 0.1) is 0 Å². The number of rotatable bonds is 6. The molecule has 0 unspecified atom stereocenters. The lowest BCUT2D eigenvalue weighted by Crippen LogP contribution is -2.43.